The molecule has 0 aromatic heterocycles. The molecule has 0 amide bonds. The second-order valence-electron chi connectivity index (χ2n) is 8.03. The van der Waals surface area contributed by atoms with Gasteiger partial charge in [0.15, 0.2) is 5.41 Å². The average molecular weight is 404 g/mol. The molecule has 1 unspecified atom stereocenters. The summed E-state index contributed by atoms with van der Waals surface area (Å²) >= 11 is 0. The minimum absolute atomic E-state index is 0.0833. The monoisotopic (exact) mass is 403 g/mol. The molecule has 2 atom stereocenters. The van der Waals surface area contributed by atoms with Crippen molar-refractivity contribution < 1.29 is 5.11 Å². The molecule has 156 valence electrons. The summed E-state index contributed by atoms with van der Waals surface area (Å²) in [4.78, 5) is 2.14. The van der Waals surface area contributed by atoms with Crippen molar-refractivity contribution >= 4 is 0 Å². The van der Waals surface area contributed by atoms with Crippen LogP contribution in [0.25, 0.3) is 0 Å². The van der Waals surface area contributed by atoms with Crippen LogP contribution in [-0.2, 0) is 0 Å². The summed E-state index contributed by atoms with van der Waals surface area (Å²) in [7, 11) is 2.00. The first-order valence-electron chi connectivity index (χ1n) is 10.1. The van der Waals surface area contributed by atoms with Crippen molar-refractivity contribution in [3.05, 3.63) is 58.3 Å². The summed E-state index contributed by atoms with van der Waals surface area (Å²) in [6.07, 6.45) is 2.01. The van der Waals surface area contributed by atoms with Crippen molar-refractivity contribution in [3.8, 4) is 18.2 Å². The molecule has 30 heavy (non-hydrogen) atoms. The molecule has 0 saturated carbocycles. The van der Waals surface area contributed by atoms with Crippen LogP contribution < -0.4 is 5.73 Å². The summed E-state index contributed by atoms with van der Waals surface area (Å²) < 4.78 is 0. The number of nitriles is 3. The van der Waals surface area contributed by atoms with E-state index in [0.717, 1.165) is 17.7 Å². The van der Waals surface area contributed by atoms with Gasteiger partial charge in [-0.15, -0.1) is 0 Å². The maximum atomic E-state index is 10.0. The van der Waals surface area contributed by atoms with Crippen molar-refractivity contribution in [3.63, 3.8) is 0 Å². The van der Waals surface area contributed by atoms with Crippen LogP contribution in [0.5, 0.6) is 0 Å². The zero-order valence-electron chi connectivity index (χ0n) is 18.1. The van der Waals surface area contributed by atoms with E-state index in [0.29, 0.717) is 18.0 Å². The number of hydrogen-bond acceptors (Lipinski definition) is 6. The van der Waals surface area contributed by atoms with Gasteiger partial charge in [-0.05, 0) is 36.6 Å². The lowest BCUT2D eigenvalue weighted by Gasteiger charge is -2.45. The van der Waals surface area contributed by atoms with Crippen LogP contribution >= 0.6 is 0 Å². The van der Waals surface area contributed by atoms with Gasteiger partial charge in [-0.3, -0.25) is 0 Å². The van der Waals surface area contributed by atoms with Gasteiger partial charge in [-0.1, -0.05) is 44.2 Å². The SMILES string of the molecule is CC(C)c1ccc(C2[C@H]3CN(C)CC=C3C(C#N)=C(N)C2(C#N)C#N)cc1.CCO. The molecule has 6 nitrogen and oxygen atoms in total. The van der Waals surface area contributed by atoms with Crippen molar-refractivity contribution in [2.24, 2.45) is 17.1 Å². The fraction of sp³-hybridized carbons (Fsp3) is 0.458. The second-order valence-corrected chi connectivity index (χ2v) is 8.03. The molecule has 3 rings (SSSR count). The van der Waals surface area contributed by atoms with E-state index in [4.69, 9.17) is 10.8 Å². The van der Waals surface area contributed by atoms with E-state index in [9.17, 15) is 15.8 Å². The lowest BCUT2D eigenvalue weighted by atomic mass is 9.58. The second kappa shape index (κ2) is 9.59. The van der Waals surface area contributed by atoms with Crippen molar-refractivity contribution in [2.45, 2.75) is 32.6 Å². The summed E-state index contributed by atoms with van der Waals surface area (Å²) in [6.45, 7) is 7.57. The van der Waals surface area contributed by atoms with Gasteiger partial charge in [0, 0.05) is 31.5 Å². The Morgan fingerprint density at radius 2 is 1.77 bits per heavy atom. The topological polar surface area (TPSA) is 121 Å². The Morgan fingerprint density at radius 1 is 1.20 bits per heavy atom. The summed E-state index contributed by atoms with van der Waals surface area (Å²) in [5.41, 5.74) is 8.10. The number of nitrogens with two attached hydrogens (primary N) is 1. The highest BCUT2D eigenvalue weighted by molar-refractivity contribution is 5.59. The third-order valence-electron chi connectivity index (χ3n) is 5.81. The van der Waals surface area contributed by atoms with E-state index in [1.54, 1.807) is 6.92 Å². The van der Waals surface area contributed by atoms with Gasteiger partial charge in [-0.2, -0.15) is 15.8 Å². The molecule has 0 bridgehead atoms. The molecule has 1 heterocycles. The van der Waals surface area contributed by atoms with Crippen LogP contribution in [0.1, 0.15) is 43.7 Å². The van der Waals surface area contributed by atoms with Crippen LogP contribution in [0.2, 0.25) is 0 Å². The fourth-order valence-corrected chi connectivity index (χ4v) is 4.29. The minimum Gasteiger partial charge on any atom is -0.399 e. The highest BCUT2D eigenvalue weighted by Gasteiger charge is 2.54. The first-order chi connectivity index (χ1) is 14.3. The molecule has 0 radical (unpaired) electrons. The van der Waals surface area contributed by atoms with Gasteiger partial charge in [0.05, 0.1) is 23.4 Å². The number of benzene rings is 1. The quantitative estimate of drug-likeness (QED) is 0.782. The number of aliphatic hydroxyl groups is 1. The van der Waals surface area contributed by atoms with Crippen molar-refractivity contribution in [2.75, 3.05) is 26.7 Å². The molecule has 1 aromatic carbocycles. The standard InChI is InChI=1S/C22H23N5.C2H6O/c1-14(2)15-4-6-16(7-5-15)20-19-11-27(3)9-8-17(19)18(10-23)21(26)22(20,12-24)13-25;1-2-3/h4-8,14,19-20H,9,11,26H2,1-3H3;3H,2H2,1H3/t19-,20?;/m0./s1. The van der Waals surface area contributed by atoms with Gasteiger partial charge < -0.3 is 15.7 Å². The van der Waals surface area contributed by atoms with E-state index in [2.05, 4.69) is 49.1 Å². The fourth-order valence-electron chi connectivity index (χ4n) is 4.29. The Hall–Kier alpha value is -3.11. The Labute approximate surface area is 179 Å². The lowest BCUT2D eigenvalue weighted by Crippen LogP contribution is -2.47. The molecule has 1 aliphatic carbocycles. The third kappa shape index (κ3) is 3.96. The van der Waals surface area contributed by atoms with E-state index in [1.165, 1.54) is 5.56 Å². The number of allylic oxidation sites excluding steroid dienone is 2. The van der Waals surface area contributed by atoms with Crippen LogP contribution in [0, 0.1) is 45.3 Å². The van der Waals surface area contributed by atoms with Gasteiger partial charge in [0.2, 0.25) is 0 Å². The number of nitrogens with zero attached hydrogens (tertiary/aromatic N) is 4. The van der Waals surface area contributed by atoms with Crippen LogP contribution in [0.15, 0.2) is 47.2 Å². The number of hydrogen-bond donors (Lipinski definition) is 2. The zero-order chi connectivity index (χ0) is 22.5. The number of likely N-dealkylation sites (N-methyl/N-ethyl adjacent to an activating group) is 1. The Bertz CT molecular complexity index is 939. The Balaban J connectivity index is 0.00000101. The van der Waals surface area contributed by atoms with Gasteiger partial charge >= 0.3 is 0 Å². The smallest absolute Gasteiger partial charge is 0.191 e. The molecule has 3 N–H and O–H groups in total. The molecule has 0 fully saturated rings. The molecule has 1 aliphatic heterocycles. The van der Waals surface area contributed by atoms with Gasteiger partial charge in [0.1, 0.15) is 6.07 Å². The maximum Gasteiger partial charge on any atom is 0.191 e. The number of rotatable bonds is 2. The highest BCUT2D eigenvalue weighted by atomic mass is 16.2. The zero-order valence-corrected chi connectivity index (χ0v) is 18.1. The normalized spacial score (nSPS) is 22.6. The molecule has 0 saturated heterocycles. The maximum absolute atomic E-state index is 10.0. The highest BCUT2D eigenvalue weighted by Crippen LogP contribution is 2.54. The number of aliphatic hydroxyl groups excluding tert-OH is 1. The average Bonchev–Trinajstić information content (AvgIpc) is 2.74. The van der Waals surface area contributed by atoms with Crippen molar-refractivity contribution in [1.29, 1.82) is 15.8 Å². The third-order valence-corrected chi connectivity index (χ3v) is 5.81. The van der Waals surface area contributed by atoms with E-state index < -0.39 is 11.3 Å². The molecule has 1 aromatic rings. The Morgan fingerprint density at radius 3 is 2.23 bits per heavy atom. The lowest BCUT2D eigenvalue weighted by molar-refractivity contribution is 0.237. The van der Waals surface area contributed by atoms with Crippen molar-refractivity contribution in [1.82, 2.24) is 4.90 Å². The van der Waals surface area contributed by atoms with Crippen LogP contribution in [-0.4, -0.2) is 36.8 Å². The predicted octanol–water partition coefficient (Wildman–Crippen LogP) is 3.16. The van der Waals surface area contributed by atoms with E-state index >= 15 is 0 Å². The summed E-state index contributed by atoms with van der Waals surface area (Å²) in [5, 5.41) is 37.3. The predicted molar refractivity (Wildman–Crippen MR) is 116 cm³/mol. The molecule has 0 spiro atoms. The first-order valence-corrected chi connectivity index (χ1v) is 10.1. The minimum atomic E-state index is -1.55. The molecular formula is C24H29N5O. The van der Waals surface area contributed by atoms with Crippen LogP contribution in [0.4, 0.5) is 0 Å². The first kappa shape index (κ1) is 23.2. The largest absolute Gasteiger partial charge is 0.399 e. The number of fused-ring (bicyclic) bond motifs is 1. The summed E-state index contributed by atoms with van der Waals surface area (Å²) in [6, 6.07) is 14.6. The molecule has 2 aliphatic rings. The molecular weight excluding hydrogens is 374 g/mol. The van der Waals surface area contributed by atoms with Crippen LogP contribution in [0.3, 0.4) is 0 Å². The molecule has 6 heteroatoms. The van der Waals surface area contributed by atoms with E-state index in [1.807, 2.05) is 25.3 Å². The Kier molecular flexibility index (Phi) is 7.41. The van der Waals surface area contributed by atoms with Gasteiger partial charge in [-0.25, -0.2) is 0 Å². The summed E-state index contributed by atoms with van der Waals surface area (Å²) in [5.74, 6) is -0.150. The van der Waals surface area contributed by atoms with E-state index in [-0.39, 0.29) is 18.2 Å². The van der Waals surface area contributed by atoms with Gasteiger partial charge in [0.25, 0.3) is 0 Å².